The van der Waals surface area contributed by atoms with E-state index in [1.54, 1.807) is 29.7 Å². The van der Waals surface area contributed by atoms with Gasteiger partial charge in [0.25, 0.3) is 5.91 Å². The molecule has 170 valence electrons. The molecule has 0 saturated carbocycles. The Kier molecular flexibility index (Phi) is 7.25. The van der Waals surface area contributed by atoms with Crippen LogP contribution >= 0.6 is 11.3 Å². The lowest BCUT2D eigenvalue weighted by Crippen LogP contribution is -2.24. The second-order valence-electron chi connectivity index (χ2n) is 8.04. The van der Waals surface area contributed by atoms with E-state index in [2.05, 4.69) is 11.9 Å². The van der Waals surface area contributed by atoms with E-state index < -0.39 is 0 Å². The molecule has 1 aliphatic rings. The van der Waals surface area contributed by atoms with Crippen molar-refractivity contribution in [1.29, 1.82) is 0 Å². The van der Waals surface area contributed by atoms with Gasteiger partial charge < -0.3 is 15.2 Å². The van der Waals surface area contributed by atoms with Crippen LogP contribution in [0.25, 0.3) is 0 Å². The Balaban J connectivity index is 1.64. The Labute approximate surface area is 198 Å². The number of ether oxygens (including phenoxy) is 1. The number of benzene rings is 2. The summed E-state index contributed by atoms with van der Waals surface area (Å²) < 4.78 is 5.32. The highest BCUT2D eigenvalue weighted by atomic mass is 32.1. The molecule has 0 fully saturated rings. The zero-order valence-corrected chi connectivity index (χ0v) is 19.6. The second kappa shape index (κ2) is 10.5. The van der Waals surface area contributed by atoms with E-state index in [0.717, 1.165) is 52.9 Å². The van der Waals surface area contributed by atoms with E-state index in [0.29, 0.717) is 24.3 Å². The number of methoxy groups -OCH3 is 1. The smallest absolute Gasteiger partial charge is 0.254 e. The van der Waals surface area contributed by atoms with Crippen molar-refractivity contribution >= 4 is 28.5 Å². The number of aromatic hydroxyl groups is 1. The zero-order valence-electron chi connectivity index (χ0n) is 18.8. The van der Waals surface area contributed by atoms with Crippen LogP contribution in [-0.4, -0.2) is 24.3 Å². The number of allylic oxidation sites excluding steroid dienone is 1. The first-order valence-corrected chi connectivity index (χ1v) is 11.9. The van der Waals surface area contributed by atoms with Crippen LogP contribution in [0, 0.1) is 0 Å². The van der Waals surface area contributed by atoms with Gasteiger partial charge >= 0.3 is 0 Å². The number of carbonyl (C=O) groups excluding carboxylic acids is 1. The molecule has 0 bridgehead atoms. The van der Waals surface area contributed by atoms with Crippen LogP contribution in [0.1, 0.15) is 50.3 Å². The van der Waals surface area contributed by atoms with Gasteiger partial charge in [0, 0.05) is 23.2 Å². The number of carbonyl (C=O) groups is 1. The number of phenols is 1. The van der Waals surface area contributed by atoms with Gasteiger partial charge in [-0.15, -0.1) is 17.9 Å². The lowest BCUT2D eigenvalue weighted by atomic mass is 9.95. The number of thiophene rings is 1. The van der Waals surface area contributed by atoms with Crippen molar-refractivity contribution in [2.24, 2.45) is 4.99 Å². The van der Waals surface area contributed by atoms with E-state index in [1.807, 2.05) is 36.4 Å². The third-order valence-electron chi connectivity index (χ3n) is 5.77. The van der Waals surface area contributed by atoms with E-state index in [-0.39, 0.29) is 11.7 Å². The van der Waals surface area contributed by atoms with E-state index in [1.165, 1.54) is 12.0 Å². The summed E-state index contributed by atoms with van der Waals surface area (Å²) in [4.78, 5) is 19.2. The summed E-state index contributed by atoms with van der Waals surface area (Å²) in [5.74, 6) is 0.422. The van der Waals surface area contributed by atoms with Gasteiger partial charge in [0.2, 0.25) is 0 Å². The Morgan fingerprint density at radius 3 is 2.79 bits per heavy atom. The van der Waals surface area contributed by atoms with Gasteiger partial charge in [0.15, 0.2) is 11.5 Å². The number of fused-ring (bicyclic) bond motifs is 1. The summed E-state index contributed by atoms with van der Waals surface area (Å²) in [6.45, 7) is 4.23. The van der Waals surface area contributed by atoms with Crippen LogP contribution in [0.3, 0.4) is 0 Å². The zero-order chi connectivity index (χ0) is 23.2. The number of aryl methyl sites for hydroxylation is 1. The highest BCUT2D eigenvalue weighted by Gasteiger charge is 2.25. The summed E-state index contributed by atoms with van der Waals surface area (Å²) in [5.41, 5.74) is 4.41. The first kappa shape index (κ1) is 22.8. The van der Waals surface area contributed by atoms with Gasteiger partial charge in [-0.2, -0.15) is 0 Å². The van der Waals surface area contributed by atoms with Gasteiger partial charge in [-0.1, -0.05) is 36.4 Å². The minimum Gasteiger partial charge on any atom is -0.504 e. The molecule has 3 aromatic rings. The number of phenolic OH excluding ortho intramolecular Hbond substituents is 1. The summed E-state index contributed by atoms with van der Waals surface area (Å²) in [7, 11) is 1.52. The van der Waals surface area contributed by atoms with Gasteiger partial charge in [-0.25, -0.2) is 4.99 Å². The number of aliphatic imine (C=N–C) groups is 1. The molecule has 2 aromatic carbocycles. The number of amides is 1. The lowest BCUT2D eigenvalue weighted by molar-refractivity contribution is 0.0951. The molecule has 0 atom stereocenters. The second-order valence-corrected chi connectivity index (χ2v) is 9.12. The maximum Gasteiger partial charge on any atom is 0.254 e. The van der Waals surface area contributed by atoms with E-state index >= 15 is 0 Å². The minimum atomic E-state index is -0.0824. The molecule has 5 nitrogen and oxygen atoms in total. The molecular weight excluding hydrogens is 432 g/mol. The minimum absolute atomic E-state index is 0.0824. The number of nitrogens with zero attached hydrogens (tertiary/aromatic N) is 1. The first-order chi connectivity index (χ1) is 16.1. The van der Waals surface area contributed by atoms with Crippen molar-refractivity contribution in [1.82, 2.24) is 5.32 Å². The van der Waals surface area contributed by atoms with Gasteiger partial charge in [0.1, 0.15) is 5.00 Å². The Morgan fingerprint density at radius 2 is 2.03 bits per heavy atom. The van der Waals surface area contributed by atoms with Crippen LogP contribution in [0.2, 0.25) is 0 Å². The quantitative estimate of drug-likeness (QED) is 0.332. The number of hydrogen-bond donors (Lipinski definition) is 2. The average molecular weight is 461 g/mol. The van der Waals surface area contributed by atoms with Crippen molar-refractivity contribution in [3.8, 4) is 11.5 Å². The number of rotatable bonds is 8. The Morgan fingerprint density at radius 1 is 1.24 bits per heavy atom. The molecule has 33 heavy (non-hydrogen) atoms. The molecule has 0 unspecified atom stereocenters. The Hall–Kier alpha value is -3.38. The molecule has 1 aromatic heterocycles. The fraction of sp³-hybridized carbons (Fsp3) is 0.259. The molecule has 1 amide bonds. The molecule has 0 spiro atoms. The topological polar surface area (TPSA) is 70.9 Å². The van der Waals surface area contributed by atoms with Crippen LogP contribution in [0.5, 0.6) is 11.5 Å². The highest BCUT2D eigenvalue weighted by Crippen LogP contribution is 2.40. The molecule has 6 heteroatoms. The van der Waals surface area contributed by atoms with Crippen LogP contribution < -0.4 is 10.1 Å². The van der Waals surface area contributed by atoms with E-state index in [9.17, 15) is 9.90 Å². The predicted octanol–water partition coefficient (Wildman–Crippen LogP) is 5.75. The van der Waals surface area contributed by atoms with Crippen molar-refractivity contribution in [3.05, 3.63) is 87.8 Å². The van der Waals surface area contributed by atoms with Gasteiger partial charge in [-0.3, -0.25) is 4.79 Å². The van der Waals surface area contributed by atoms with Crippen molar-refractivity contribution in [2.45, 2.75) is 38.6 Å². The summed E-state index contributed by atoms with van der Waals surface area (Å²) >= 11 is 1.60. The third kappa shape index (κ3) is 5.17. The predicted molar refractivity (Wildman–Crippen MR) is 134 cm³/mol. The summed E-state index contributed by atoms with van der Waals surface area (Å²) in [5, 5.41) is 14.1. The van der Waals surface area contributed by atoms with Crippen LogP contribution in [-0.2, 0) is 25.8 Å². The average Bonchev–Trinajstić information content (AvgIpc) is 3.22. The molecule has 1 heterocycles. The molecule has 0 aliphatic heterocycles. The number of nitrogens with one attached hydrogen (secondary N) is 1. The van der Waals surface area contributed by atoms with Crippen LogP contribution in [0.15, 0.2) is 60.1 Å². The van der Waals surface area contributed by atoms with Crippen molar-refractivity contribution in [2.75, 3.05) is 7.11 Å². The molecular formula is C27H28N2O3S. The fourth-order valence-electron chi connectivity index (χ4n) is 4.11. The molecule has 0 saturated heterocycles. The van der Waals surface area contributed by atoms with Gasteiger partial charge in [-0.05, 0) is 60.9 Å². The maximum absolute atomic E-state index is 13.2. The van der Waals surface area contributed by atoms with Crippen LogP contribution in [0.4, 0.5) is 5.00 Å². The summed E-state index contributed by atoms with van der Waals surface area (Å²) in [6, 6.07) is 13.5. The van der Waals surface area contributed by atoms with Crippen molar-refractivity contribution < 1.29 is 14.6 Å². The lowest BCUT2D eigenvalue weighted by Gasteiger charge is -2.13. The first-order valence-electron chi connectivity index (χ1n) is 11.1. The molecule has 4 rings (SSSR count). The van der Waals surface area contributed by atoms with Gasteiger partial charge in [0.05, 0.1) is 12.7 Å². The monoisotopic (exact) mass is 460 g/mol. The largest absolute Gasteiger partial charge is 0.504 e. The molecule has 0 radical (unpaired) electrons. The van der Waals surface area contributed by atoms with E-state index in [4.69, 9.17) is 9.73 Å². The molecule has 2 N–H and O–H groups in total. The summed E-state index contributed by atoms with van der Waals surface area (Å²) in [6.07, 6.45) is 8.12. The normalized spacial score (nSPS) is 13.0. The standard InChI is InChI=1S/C27H28N2O3S/c1-3-9-20-14-19(15-22(32-2)25(20)30)17-29-27-24(21-12-7-8-13-23(21)33-27)26(31)28-16-18-10-5-4-6-11-18/h3-6,10-11,14-15,17,30H,1,7-9,12-13,16H2,2H3,(H,28,31). The third-order valence-corrected chi connectivity index (χ3v) is 6.97. The maximum atomic E-state index is 13.2. The number of hydrogen-bond acceptors (Lipinski definition) is 5. The fourth-order valence-corrected chi connectivity index (χ4v) is 5.34. The SMILES string of the molecule is C=CCc1cc(C=Nc2sc3c(c2C(=O)NCc2ccccc2)CCCC3)cc(OC)c1O. The highest BCUT2D eigenvalue weighted by molar-refractivity contribution is 7.16. The van der Waals surface area contributed by atoms with Crippen molar-refractivity contribution in [3.63, 3.8) is 0 Å². The Bertz CT molecular complexity index is 1180. The molecule has 1 aliphatic carbocycles.